The van der Waals surface area contributed by atoms with Crippen LogP contribution in [0.3, 0.4) is 0 Å². The molecular weight excluding hydrogens is 178 g/mol. The van der Waals surface area contributed by atoms with Crippen LogP contribution in [0.25, 0.3) is 0 Å². The normalized spacial score (nSPS) is 23.0. The van der Waals surface area contributed by atoms with Crippen LogP contribution < -0.4 is 5.73 Å². The lowest BCUT2D eigenvalue weighted by Gasteiger charge is -2.30. The van der Waals surface area contributed by atoms with Crippen molar-refractivity contribution in [3.8, 4) is 0 Å². The molecule has 0 aromatic rings. The second-order valence-corrected chi connectivity index (χ2v) is 4.52. The van der Waals surface area contributed by atoms with E-state index in [-0.39, 0.29) is 0 Å². The highest BCUT2D eigenvalue weighted by Crippen LogP contribution is 2.31. The number of hydrogen-bond acceptors (Lipinski definition) is 2. The summed E-state index contributed by atoms with van der Waals surface area (Å²) in [5.41, 5.74) is 4.89. The molecule has 1 atom stereocenters. The van der Waals surface area contributed by atoms with Crippen molar-refractivity contribution in [3.63, 3.8) is 0 Å². The number of carbonyl (C=O) groups is 1. The zero-order valence-corrected chi connectivity index (χ0v) is 8.96. The summed E-state index contributed by atoms with van der Waals surface area (Å²) in [4.78, 5) is 11.0. The number of rotatable bonds is 4. The van der Waals surface area contributed by atoms with Crippen molar-refractivity contribution < 1.29 is 9.90 Å². The molecule has 1 saturated carbocycles. The van der Waals surface area contributed by atoms with Gasteiger partial charge in [-0.3, -0.25) is 4.79 Å². The molecule has 1 rings (SSSR count). The summed E-state index contributed by atoms with van der Waals surface area (Å²) in [6, 6.07) is 0. The predicted octanol–water partition coefficient (Wildman–Crippen LogP) is 2.15. The maximum atomic E-state index is 11.0. The second-order valence-electron chi connectivity index (χ2n) is 4.52. The molecule has 3 N–H and O–H groups in total. The molecule has 1 unspecified atom stereocenters. The molecule has 0 amide bonds. The van der Waals surface area contributed by atoms with Crippen LogP contribution in [0.1, 0.15) is 51.9 Å². The lowest BCUT2D eigenvalue weighted by atomic mass is 9.78. The minimum atomic E-state index is -0.984. The van der Waals surface area contributed by atoms with Crippen LogP contribution in [0.4, 0.5) is 0 Å². The summed E-state index contributed by atoms with van der Waals surface area (Å²) < 4.78 is 0. The third-order valence-electron chi connectivity index (χ3n) is 3.43. The van der Waals surface area contributed by atoms with Gasteiger partial charge in [0.25, 0.3) is 0 Å². The van der Waals surface area contributed by atoms with Gasteiger partial charge < -0.3 is 10.8 Å². The zero-order valence-electron chi connectivity index (χ0n) is 8.96. The molecule has 1 aliphatic carbocycles. The Morgan fingerprint density at radius 2 is 2.00 bits per heavy atom. The van der Waals surface area contributed by atoms with Gasteiger partial charge >= 0.3 is 5.97 Å². The van der Waals surface area contributed by atoms with Crippen LogP contribution in [0.5, 0.6) is 0 Å². The van der Waals surface area contributed by atoms with Gasteiger partial charge in [0.1, 0.15) is 5.54 Å². The van der Waals surface area contributed by atoms with Gasteiger partial charge in [0, 0.05) is 0 Å². The molecule has 0 aliphatic heterocycles. The Bertz CT molecular complexity index is 199. The topological polar surface area (TPSA) is 63.3 Å². The SMILES string of the molecule is CCC(N)(CC1CCCCC1)C(=O)O. The van der Waals surface area contributed by atoms with Gasteiger partial charge in [-0.25, -0.2) is 0 Å². The fourth-order valence-electron chi connectivity index (χ4n) is 2.29. The smallest absolute Gasteiger partial charge is 0.323 e. The highest BCUT2D eigenvalue weighted by Gasteiger charge is 2.34. The molecule has 0 saturated heterocycles. The van der Waals surface area contributed by atoms with E-state index in [4.69, 9.17) is 10.8 Å². The second kappa shape index (κ2) is 4.78. The molecule has 0 radical (unpaired) electrons. The molecule has 1 aliphatic rings. The summed E-state index contributed by atoms with van der Waals surface area (Å²) in [5, 5.41) is 9.04. The van der Waals surface area contributed by atoms with E-state index in [1.807, 2.05) is 6.92 Å². The van der Waals surface area contributed by atoms with Gasteiger partial charge in [0.2, 0.25) is 0 Å². The van der Waals surface area contributed by atoms with Crippen molar-refractivity contribution in [2.45, 2.75) is 57.4 Å². The Morgan fingerprint density at radius 1 is 1.43 bits per heavy atom. The molecule has 0 bridgehead atoms. The highest BCUT2D eigenvalue weighted by molar-refractivity contribution is 5.78. The largest absolute Gasteiger partial charge is 0.480 e. The van der Waals surface area contributed by atoms with Gasteiger partial charge in [-0.15, -0.1) is 0 Å². The van der Waals surface area contributed by atoms with E-state index >= 15 is 0 Å². The summed E-state index contributed by atoms with van der Waals surface area (Å²) in [6.45, 7) is 1.86. The Morgan fingerprint density at radius 3 is 2.43 bits per heavy atom. The standard InChI is InChI=1S/C11H21NO2/c1-2-11(12,10(13)14)8-9-6-4-3-5-7-9/h9H,2-8,12H2,1H3,(H,13,14). The maximum absolute atomic E-state index is 11.0. The Hall–Kier alpha value is -0.570. The Labute approximate surface area is 85.7 Å². The van der Waals surface area contributed by atoms with Crippen molar-refractivity contribution in [2.75, 3.05) is 0 Å². The maximum Gasteiger partial charge on any atom is 0.323 e. The van der Waals surface area contributed by atoms with Crippen molar-refractivity contribution in [2.24, 2.45) is 11.7 Å². The molecule has 0 heterocycles. The summed E-state index contributed by atoms with van der Waals surface area (Å²) >= 11 is 0. The Balaban J connectivity index is 2.50. The minimum Gasteiger partial charge on any atom is -0.480 e. The first-order valence-electron chi connectivity index (χ1n) is 5.61. The summed E-state index contributed by atoms with van der Waals surface area (Å²) in [6.07, 6.45) is 7.28. The zero-order chi connectivity index (χ0) is 10.6. The van der Waals surface area contributed by atoms with Gasteiger partial charge in [-0.1, -0.05) is 39.0 Å². The van der Waals surface area contributed by atoms with Crippen LogP contribution in [0.15, 0.2) is 0 Å². The average molecular weight is 199 g/mol. The van der Waals surface area contributed by atoms with E-state index < -0.39 is 11.5 Å². The van der Waals surface area contributed by atoms with Crippen molar-refractivity contribution >= 4 is 5.97 Å². The third-order valence-corrected chi connectivity index (χ3v) is 3.43. The van der Waals surface area contributed by atoms with E-state index in [0.717, 1.165) is 12.8 Å². The molecule has 0 aromatic heterocycles. The molecule has 1 fully saturated rings. The van der Waals surface area contributed by atoms with Crippen LogP contribution >= 0.6 is 0 Å². The van der Waals surface area contributed by atoms with Crippen LogP contribution in [-0.4, -0.2) is 16.6 Å². The first kappa shape index (κ1) is 11.5. The minimum absolute atomic E-state index is 0.527. The molecule has 82 valence electrons. The van der Waals surface area contributed by atoms with Crippen molar-refractivity contribution in [3.05, 3.63) is 0 Å². The Kier molecular flexibility index (Phi) is 3.93. The summed E-state index contributed by atoms with van der Waals surface area (Å²) in [5.74, 6) is -0.310. The molecular formula is C11H21NO2. The van der Waals surface area contributed by atoms with E-state index in [9.17, 15) is 4.79 Å². The van der Waals surface area contributed by atoms with Crippen LogP contribution in [-0.2, 0) is 4.79 Å². The average Bonchev–Trinajstić information content (AvgIpc) is 2.19. The first-order chi connectivity index (χ1) is 6.58. The number of hydrogen-bond donors (Lipinski definition) is 2. The fraction of sp³-hybridized carbons (Fsp3) is 0.909. The quantitative estimate of drug-likeness (QED) is 0.729. The monoisotopic (exact) mass is 199 g/mol. The van der Waals surface area contributed by atoms with E-state index in [0.29, 0.717) is 18.8 Å². The van der Waals surface area contributed by atoms with E-state index in [1.54, 1.807) is 0 Å². The lowest BCUT2D eigenvalue weighted by molar-refractivity contribution is -0.144. The number of carboxylic acids is 1. The molecule has 3 nitrogen and oxygen atoms in total. The number of nitrogens with two attached hydrogens (primary N) is 1. The van der Waals surface area contributed by atoms with Crippen molar-refractivity contribution in [1.29, 1.82) is 0 Å². The molecule has 0 aromatic carbocycles. The first-order valence-corrected chi connectivity index (χ1v) is 5.61. The predicted molar refractivity (Wildman–Crippen MR) is 56.0 cm³/mol. The fourth-order valence-corrected chi connectivity index (χ4v) is 2.29. The molecule has 3 heteroatoms. The van der Waals surface area contributed by atoms with E-state index in [1.165, 1.54) is 19.3 Å². The molecule has 14 heavy (non-hydrogen) atoms. The summed E-state index contributed by atoms with van der Waals surface area (Å²) in [7, 11) is 0. The number of aliphatic carboxylic acids is 1. The lowest BCUT2D eigenvalue weighted by Crippen LogP contribution is -2.49. The van der Waals surface area contributed by atoms with Gasteiger partial charge in [-0.2, -0.15) is 0 Å². The third kappa shape index (κ3) is 2.71. The van der Waals surface area contributed by atoms with Gasteiger partial charge in [0.05, 0.1) is 0 Å². The highest BCUT2D eigenvalue weighted by atomic mass is 16.4. The van der Waals surface area contributed by atoms with E-state index in [2.05, 4.69) is 0 Å². The van der Waals surface area contributed by atoms with Crippen molar-refractivity contribution in [1.82, 2.24) is 0 Å². The molecule has 0 spiro atoms. The van der Waals surface area contributed by atoms with Gasteiger partial charge in [0.15, 0.2) is 0 Å². The van der Waals surface area contributed by atoms with Crippen LogP contribution in [0, 0.1) is 5.92 Å². The van der Waals surface area contributed by atoms with Gasteiger partial charge in [-0.05, 0) is 18.8 Å². The number of carboxylic acid groups (broad SMARTS) is 1. The van der Waals surface area contributed by atoms with Crippen LogP contribution in [0.2, 0.25) is 0 Å².